The van der Waals surface area contributed by atoms with Crippen LogP contribution in [0.2, 0.25) is 0 Å². The highest BCUT2D eigenvalue weighted by molar-refractivity contribution is 5.89. The fourth-order valence-electron chi connectivity index (χ4n) is 6.81. The monoisotopic (exact) mass is 787 g/mol. The van der Waals surface area contributed by atoms with Gasteiger partial charge >= 0.3 is 5.97 Å². The van der Waals surface area contributed by atoms with Gasteiger partial charge in [-0.3, -0.25) is 28.8 Å². The fourth-order valence-corrected chi connectivity index (χ4v) is 6.81. The molecule has 0 saturated carbocycles. The number of allylic oxidation sites excluding steroid dienone is 1. The van der Waals surface area contributed by atoms with Crippen LogP contribution in [0, 0.1) is 11.8 Å². The second-order valence-electron chi connectivity index (χ2n) is 14.6. The Labute approximate surface area is 331 Å². The summed E-state index contributed by atoms with van der Waals surface area (Å²) in [5.74, 6) is -3.18. The predicted octanol–water partition coefficient (Wildman–Crippen LogP) is 0.579. The van der Waals surface area contributed by atoms with Crippen LogP contribution in [0.15, 0.2) is 42.0 Å². The minimum atomic E-state index is -0.951. The molecule has 0 bridgehead atoms. The van der Waals surface area contributed by atoms with E-state index >= 15 is 0 Å². The van der Waals surface area contributed by atoms with E-state index in [0.29, 0.717) is 19.4 Å². The number of amides is 5. The van der Waals surface area contributed by atoms with Crippen molar-refractivity contribution in [3.63, 3.8) is 0 Å². The van der Waals surface area contributed by atoms with E-state index in [2.05, 4.69) is 26.6 Å². The first-order chi connectivity index (χ1) is 26.6. The highest BCUT2D eigenvalue weighted by Gasteiger charge is 2.41. The number of nitrogens with one attached hydrogen (secondary N) is 5. The summed E-state index contributed by atoms with van der Waals surface area (Å²) in [5, 5.41) is 14.2. The van der Waals surface area contributed by atoms with Gasteiger partial charge in [0.1, 0.15) is 18.7 Å². The highest BCUT2D eigenvalue weighted by atomic mass is 16.5. The summed E-state index contributed by atoms with van der Waals surface area (Å²) in [6.07, 6.45) is 1.81. The smallest absolute Gasteiger partial charge is 0.322 e. The molecule has 8 atom stereocenters. The molecule has 0 spiro atoms. The molecule has 1 aromatic carbocycles. The van der Waals surface area contributed by atoms with Gasteiger partial charge in [0.25, 0.3) is 0 Å². The van der Waals surface area contributed by atoms with Gasteiger partial charge in [-0.25, -0.2) is 0 Å². The lowest BCUT2D eigenvalue weighted by molar-refractivity contribution is -0.145. The SMILES string of the molecule is CC=C(C)C(NC(=O)CNC(=O)C(NC)C(C)C)C(CC(=O)N1CCCC1C(OC)C(C)C(=O)NC(Cc1ccccc1)C(=O)NCCOC(=O)C(C)N)OC. The lowest BCUT2D eigenvalue weighted by Gasteiger charge is -2.35. The topological polar surface area (TPSA) is 220 Å². The standard InChI is InChI=1S/C40H65N7O9/c1-10-25(4)35(46-32(48)23-44-39(52)34(42-7)24(2)3)31(54-8)22-33(49)47-19-14-17-30(47)36(55-9)26(5)37(50)45-29(21-28-15-12-11-13-16-28)38(51)43-18-20-56-40(53)27(6)41/h10-13,15-16,24,26-27,29-31,34-36,42H,14,17-23,41H2,1-9H3,(H,43,51)(H,44,52)(H,45,50)(H,46,48). The van der Waals surface area contributed by atoms with Gasteiger partial charge in [0, 0.05) is 27.2 Å². The zero-order valence-corrected chi connectivity index (χ0v) is 34.5. The van der Waals surface area contributed by atoms with Crippen LogP contribution in [0.1, 0.15) is 66.4 Å². The average molecular weight is 788 g/mol. The first-order valence-electron chi connectivity index (χ1n) is 19.4. The van der Waals surface area contributed by atoms with Gasteiger partial charge in [-0.05, 0) is 52.1 Å². The molecule has 1 saturated heterocycles. The average Bonchev–Trinajstić information content (AvgIpc) is 3.66. The third-order valence-corrected chi connectivity index (χ3v) is 10.1. The number of hydrogen-bond donors (Lipinski definition) is 6. The minimum absolute atomic E-state index is 0.0225. The number of esters is 1. The van der Waals surface area contributed by atoms with E-state index in [1.807, 2.05) is 64.1 Å². The van der Waals surface area contributed by atoms with Crippen LogP contribution in [0.25, 0.3) is 0 Å². The maximum atomic E-state index is 14.0. The van der Waals surface area contributed by atoms with E-state index in [-0.39, 0.29) is 50.3 Å². The van der Waals surface area contributed by atoms with Crippen LogP contribution in [-0.2, 0) is 49.4 Å². The van der Waals surface area contributed by atoms with Crippen molar-refractivity contribution >= 4 is 35.5 Å². The summed E-state index contributed by atoms with van der Waals surface area (Å²) >= 11 is 0. The number of carbonyl (C=O) groups excluding carboxylic acids is 6. The van der Waals surface area contributed by atoms with Crippen molar-refractivity contribution in [2.45, 2.75) is 110 Å². The van der Waals surface area contributed by atoms with Crippen molar-refractivity contribution in [2.75, 3.05) is 47.5 Å². The Morgan fingerprint density at radius 3 is 2.18 bits per heavy atom. The van der Waals surface area contributed by atoms with Crippen LogP contribution >= 0.6 is 0 Å². The van der Waals surface area contributed by atoms with Crippen LogP contribution in [0.5, 0.6) is 0 Å². The summed E-state index contributed by atoms with van der Waals surface area (Å²) in [4.78, 5) is 80.2. The Morgan fingerprint density at radius 2 is 1.61 bits per heavy atom. The Hall–Kier alpha value is -4.38. The molecule has 1 heterocycles. The van der Waals surface area contributed by atoms with Crippen molar-refractivity contribution in [1.29, 1.82) is 0 Å². The lowest BCUT2D eigenvalue weighted by Crippen LogP contribution is -2.55. The minimum Gasteiger partial charge on any atom is -0.463 e. The summed E-state index contributed by atoms with van der Waals surface area (Å²) in [5.41, 5.74) is 7.13. The van der Waals surface area contributed by atoms with Crippen molar-refractivity contribution in [3.05, 3.63) is 47.5 Å². The first-order valence-corrected chi connectivity index (χ1v) is 19.4. The number of benzene rings is 1. The third kappa shape index (κ3) is 14.6. The molecule has 0 aliphatic carbocycles. The molecule has 5 amide bonds. The van der Waals surface area contributed by atoms with Gasteiger partial charge in [-0.15, -0.1) is 0 Å². The Kier molecular flexibility index (Phi) is 20.7. The highest BCUT2D eigenvalue weighted by Crippen LogP contribution is 2.28. The molecular weight excluding hydrogens is 722 g/mol. The number of likely N-dealkylation sites (N-methyl/N-ethyl adjacent to an activating group) is 1. The number of rotatable bonds is 23. The van der Waals surface area contributed by atoms with E-state index in [9.17, 15) is 28.8 Å². The van der Waals surface area contributed by atoms with Gasteiger partial charge in [-0.2, -0.15) is 0 Å². The number of likely N-dealkylation sites (tertiary alicyclic amines) is 1. The molecule has 1 aliphatic heterocycles. The zero-order valence-electron chi connectivity index (χ0n) is 34.5. The van der Waals surface area contributed by atoms with Gasteiger partial charge in [-0.1, -0.05) is 62.8 Å². The summed E-state index contributed by atoms with van der Waals surface area (Å²) in [6, 6.07) is 5.94. The number of nitrogens with zero attached hydrogens (tertiary/aromatic N) is 1. The number of ether oxygens (including phenoxy) is 3. The molecular formula is C40H65N7O9. The molecule has 0 radical (unpaired) electrons. The van der Waals surface area contributed by atoms with Crippen molar-refractivity contribution in [2.24, 2.45) is 17.6 Å². The summed E-state index contributed by atoms with van der Waals surface area (Å²) < 4.78 is 16.8. The quantitative estimate of drug-likeness (QED) is 0.0512. The van der Waals surface area contributed by atoms with E-state index in [4.69, 9.17) is 19.9 Å². The second-order valence-corrected chi connectivity index (χ2v) is 14.6. The molecule has 314 valence electrons. The van der Waals surface area contributed by atoms with Gasteiger partial charge in [0.15, 0.2) is 0 Å². The van der Waals surface area contributed by atoms with Crippen LogP contribution < -0.4 is 32.3 Å². The van der Waals surface area contributed by atoms with Crippen molar-refractivity contribution in [3.8, 4) is 0 Å². The van der Waals surface area contributed by atoms with Gasteiger partial charge < -0.3 is 51.4 Å². The van der Waals surface area contributed by atoms with Crippen molar-refractivity contribution < 1.29 is 43.0 Å². The van der Waals surface area contributed by atoms with E-state index < -0.39 is 72.0 Å². The zero-order chi connectivity index (χ0) is 41.9. The fraction of sp³-hybridized carbons (Fsp3) is 0.650. The molecule has 0 aromatic heterocycles. The first kappa shape index (κ1) is 47.8. The normalized spacial score (nSPS) is 18.2. The summed E-state index contributed by atoms with van der Waals surface area (Å²) in [6.45, 7) is 10.8. The van der Waals surface area contributed by atoms with E-state index in [1.165, 1.54) is 21.1 Å². The maximum Gasteiger partial charge on any atom is 0.322 e. The Balaban J connectivity index is 2.16. The summed E-state index contributed by atoms with van der Waals surface area (Å²) in [7, 11) is 4.65. The lowest BCUT2D eigenvalue weighted by atomic mass is 9.93. The van der Waals surface area contributed by atoms with Gasteiger partial charge in [0.2, 0.25) is 29.5 Å². The molecule has 16 nitrogen and oxygen atoms in total. The largest absolute Gasteiger partial charge is 0.463 e. The molecule has 1 aliphatic rings. The maximum absolute atomic E-state index is 14.0. The molecule has 2 rings (SSSR count). The number of carbonyl (C=O) groups is 6. The molecule has 7 N–H and O–H groups in total. The molecule has 16 heteroatoms. The Morgan fingerprint density at radius 1 is 0.929 bits per heavy atom. The molecule has 1 aromatic rings. The molecule has 1 fully saturated rings. The predicted molar refractivity (Wildman–Crippen MR) is 212 cm³/mol. The molecule has 56 heavy (non-hydrogen) atoms. The van der Waals surface area contributed by atoms with Crippen molar-refractivity contribution in [1.82, 2.24) is 31.5 Å². The molecule has 8 unspecified atom stereocenters. The van der Waals surface area contributed by atoms with Gasteiger partial charge in [0.05, 0.1) is 55.8 Å². The number of nitrogens with two attached hydrogens (primary N) is 1. The van der Waals surface area contributed by atoms with E-state index in [1.54, 1.807) is 18.9 Å². The number of hydrogen-bond acceptors (Lipinski definition) is 11. The van der Waals surface area contributed by atoms with Crippen LogP contribution in [0.4, 0.5) is 0 Å². The van der Waals surface area contributed by atoms with Crippen LogP contribution in [0.3, 0.4) is 0 Å². The third-order valence-electron chi connectivity index (χ3n) is 10.1. The van der Waals surface area contributed by atoms with Crippen LogP contribution in [-0.4, -0.2) is 130 Å². The Bertz CT molecular complexity index is 1470. The van der Waals surface area contributed by atoms with E-state index in [0.717, 1.165) is 11.1 Å². The number of methoxy groups -OCH3 is 2. The second kappa shape index (κ2) is 24.3.